The van der Waals surface area contributed by atoms with E-state index in [9.17, 15) is 4.79 Å². The van der Waals surface area contributed by atoms with Crippen molar-refractivity contribution in [3.8, 4) is 0 Å². The summed E-state index contributed by atoms with van der Waals surface area (Å²) in [6, 6.07) is 1.41. The van der Waals surface area contributed by atoms with E-state index in [1.807, 2.05) is 0 Å². The number of hydrogen-bond acceptors (Lipinski definition) is 5. The SMILES string of the molecule is Nc1ccnnc1N(N)C(=O)O. The number of nitrogen functional groups attached to an aromatic ring is 1. The Kier molecular flexibility index (Phi) is 2.06. The molecule has 0 aromatic carbocycles. The molecule has 0 spiro atoms. The van der Waals surface area contributed by atoms with Crippen LogP contribution in [0.4, 0.5) is 16.3 Å². The van der Waals surface area contributed by atoms with Gasteiger partial charge in [0.2, 0.25) is 0 Å². The highest BCUT2D eigenvalue weighted by Crippen LogP contribution is 2.14. The van der Waals surface area contributed by atoms with Gasteiger partial charge in [0.25, 0.3) is 0 Å². The highest BCUT2D eigenvalue weighted by atomic mass is 16.4. The van der Waals surface area contributed by atoms with E-state index >= 15 is 0 Å². The molecule has 1 rings (SSSR count). The Balaban J connectivity index is 3.02. The molecule has 1 aromatic rings. The number of carboxylic acid groups (broad SMARTS) is 1. The van der Waals surface area contributed by atoms with Gasteiger partial charge in [0.05, 0.1) is 11.9 Å². The van der Waals surface area contributed by atoms with Crippen LogP contribution in [0.1, 0.15) is 0 Å². The Morgan fingerprint density at radius 2 is 2.33 bits per heavy atom. The largest absolute Gasteiger partial charge is 0.464 e. The summed E-state index contributed by atoms with van der Waals surface area (Å²) in [5, 5.41) is 15.7. The van der Waals surface area contributed by atoms with Crippen molar-refractivity contribution in [1.29, 1.82) is 0 Å². The molecule has 0 fully saturated rings. The average molecular weight is 169 g/mol. The van der Waals surface area contributed by atoms with Crippen LogP contribution in [-0.4, -0.2) is 21.4 Å². The van der Waals surface area contributed by atoms with Crippen LogP contribution in [-0.2, 0) is 0 Å². The van der Waals surface area contributed by atoms with Crippen molar-refractivity contribution < 1.29 is 9.90 Å². The molecule has 1 heterocycles. The van der Waals surface area contributed by atoms with Gasteiger partial charge < -0.3 is 10.8 Å². The van der Waals surface area contributed by atoms with Crippen LogP contribution in [0, 0.1) is 0 Å². The first-order valence-corrected chi connectivity index (χ1v) is 2.98. The molecule has 1 amide bonds. The van der Waals surface area contributed by atoms with E-state index in [0.29, 0.717) is 5.01 Å². The second kappa shape index (κ2) is 3.01. The molecular weight excluding hydrogens is 162 g/mol. The van der Waals surface area contributed by atoms with Crippen molar-refractivity contribution in [2.24, 2.45) is 5.84 Å². The molecule has 0 saturated carbocycles. The number of nitrogens with two attached hydrogens (primary N) is 2. The minimum atomic E-state index is -1.35. The zero-order valence-electron chi connectivity index (χ0n) is 6.01. The lowest BCUT2D eigenvalue weighted by Gasteiger charge is -2.11. The van der Waals surface area contributed by atoms with Gasteiger partial charge in [-0.25, -0.2) is 10.6 Å². The van der Waals surface area contributed by atoms with Gasteiger partial charge in [-0.1, -0.05) is 0 Å². The maximum Gasteiger partial charge on any atom is 0.427 e. The molecular formula is C5H7N5O2. The number of amides is 1. The van der Waals surface area contributed by atoms with Crippen LogP contribution in [0.25, 0.3) is 0 Å². The lowest BCUT2D eigenvalue weighted by molar-refractivity contribution is 0.201. The Morgan fingerprint density at radius 3 is 2.83 bits per heavy atom. The summed E-state index contributed by atoms with van der Waals surface area (Å²) in [6.45, 7) is 0. The van der Waals surface area contributed by atoms with Crippen LogP contribution in [0.15, 0.2) is 12.3 Å². The highest BCUT2D eigenvalue weighted by molar-refractivity contribution is 5.86. The monoisotopic (exact) mass is 169 g/mol. The number of aromatic nitrogens is 2. The summed E-state index contributed by atoms with van der Waals surface area (Å²) in [5.74, 6) is 5.01. The number of hydrazine groups is 1. The summed E-state index contributed by atoms with van der Waals surface area (Å²) in [5.41, 5.74) is 5.53. The van der Waals surface area contributed by atoms with Gasteiger partial charge >= 0.3 is 6.09 Å². The number of carbonyl (C=O) groups is 1. The number of rotatable bonds is 1. The molecule has 7 nitrogen and oxygen atoms in total. The summed E-state index contributed by atoms with van der Waals surface area (Å²) >= 11 is 0. The topological polar surface area (TPSA) is 118 Å². The smallest absolute Gasteiger partial charge is 0.427 e. The number of anilines is 2. The predicted molar refractivity (Wildman–Crippen MR) is 41.1 cm³/mol. The van der Waals surface area contributed by atoms with E-state index in [1.165, 1.54) is 12.3 Å². The van der Waals surface area contributed by atoms with Crippen molar-refractivity contribution in [1.82, 2.24) is 10.2 Å². The molecule has 0 aliphatic heterocycles. The molecule has 5 N–H and O–H groups in total. The molecule has 7 heteroatoms. The van der Waals surface area contributed by atoms with E-state index in [2.05, 4.69) is 10.2 Å². The second-order valence-corrected chi connectivity index (χ2v) is 1.96. The van der Waals surface area contributed by atoms with Crippen molar-refractivity contribution in [3.63, 3.8) is 0 Å². The van der Waals surface area contributed by atoms with Crippen molar-refractivity contribution in [3.05, 3.63) is 12.3 Å². The standard InChI is InChI=1S/C5H7N5O2/c6-3-1-2-8-9-4(3)10(7)5(11)12/h1-2H,7H2,(H2,6,8)(H,11,12). The van der Waals surface area contributed by atoms with Gasteiger partial charge in [0.15, 0.2) is 5.82 Å². The Bertz CT molecular complexity index is 302. The minimum absolute atomic E-state index is 0.0787. The lowest BCUT2D eigenvalue weighted by atomic mass is 10.4. The average Bonchev–Trinajstić information content (AvgIpc) is 2.04. The van der Waals surface area contributed by atoms with E-state index in [1.54, 1.807) is 0 Å². The third-order valence-electron chi connectivity index (χ3n) is 1.17. The van der Waals surface area contributed by atoms with E-state index < -0.39 is 6.09 Å². The number of nitrogens with zero attached hydrogens (tertiary/aromatic N) is 3. The number of hydrogen-bond donors (Lipinski definition) is 3. The molecule has 0 radical (unpaired) electrons. The summed E-state index contributed by atoms with van der Waals surface area (Å²) in [4.78, 5) is 10.3. The third-order valence-corrected chi connectivity index (χ3v) is 1.17. The van der Waals surface area contributed by atoms with Crippen molar-refractivity contribution in [2.45, 2.75) is 0 Å². The zero-order valence-corrected chi connectivity index (χ0v) is 6.01. The quantitative estimate of drug-likeness (QED) is 0.294. The normalized spacial score (nSPS) is 9.42. The summed E-state index contributed by atoms with van der Waals surface area (Å²) < 4.78 is 0. The van der Waals surface area contributed by atoms with E-state index in [0.717, 1.165) is 0 Å². The van der Waals surface area contributed by atoms with Gasteiger partial charge in [-0.3, -0.25) is 0 Å². The summed E-state index contributed by atoms with van der Waals surface area (Å²) in [6.07, 6.45) is -0.00340. The minimum Gasteiger partial charge on any atom is -0.464 e. The van der Waals surface area contributed by atoms with Crippen LogP contribution in [0.5, 0.6) is 0 Å². The van der Waals surface area contributed by atoms with Crippen LogP contribution < -0.4 is 16.6 Å². The van der Waals surface area contributed by atoms with Crippen LogP contribution in [0.2, 0.25) is 0 Å². The van der Waals surface area contributed by atoms with Gasteiger partial charge in [-0.05, 0) is 6.07 Å². The Hall–Kier alpha value is -1.89. The molecule has 0 bridgehead atoms. The fourth-order valence-corrected chi connectivity index (χ4v) is 0.612. The molecule has 1 aromatic heterocycles. The second-order valence-electron chi connectivity index (χ2n) is 1.96. The molecule has 0 aliphatic carbocycles. The first-order chi connectivity index (χ1) is 5.63. The maximum absolute atomic E-state index is 10.3. The van der Waals surface area contributed by atoms with Crippen molar-refractivity contribution in [2.75, 3.05) is 10.7 Å². The van der Waals surface area contributed by atoms with Crippen LogP contribution >= 0.6 is 0 Å². The molecule has 12 heavy (non-hydrogen) atoms. The van der Waals surface area contributed by atoms with E-state index in [4.69, 9.17) is 16.7 Å². The highest BCUT2D eigenvalue weighted by Gasteiger charge is 2.13. The predicted octanol–water partition coefficient (Wildman–Crippen LogP) is -0.583. The summed E-state index contributed by atoms with van der Waals surface area (Å²) in [7, 11) is 0. The Morgan fingerprint density at radius 1 is 1.67 bits per heavy atom. The zero-order chi connectivity index (χ0) is 9.14. The van der Waals surface area contributed by atoms with Crippen molar-refractivity contribution >= 4 is 17.6 Å². The van der Waals surface area contributed by atoms with Gasteiger partial charge in [-0.2, -0.15) is 10.1 Å². The molecule has 0 atom stereocenters. The first kappa shape index (κ1) is 8.21. The first-order valence-electron chi connectivity index (χ1n) is 2.98. The van der Waals surface area contributed by atoms with E-state index in [-0.39, 0.29) is 11.5 Å². The molecule has 0 saturated heterocycles. The maximum atomic E-state index is 10.3. The fraction of sp³-hybridized carbons (Fsp3) is 0. The molecule has 64 valence electrons. The molecule has 0 unspecified atom stereocenters. The third kappa shape index (κ3) is 1.40. The van der Waals surface area contributed by atoms with Gasteiger partial charge in [0.1, 0.15) is 0 Å². The fourth-order valence-electron chi connectivity index (χ4n) is 0.612. The Labute approximate surface area is 67.6 Å². The molecule has 0 aliphatic rings. The van der Waals surface area contributed by atoms with Gasteiger partial charge in [-0.15, -0.1) is 5.10 Å². The van der Waals surface area contributed by atoms with Crippen LogP contribution in [0.3, 0.4) is 0 Å². The lowest BCUT2D eigenvalue weighted by Crippen LogP contribution is -2.37. The van der Waals surface area contributed by atoms with Gasteiger partial charge in [0, 0.05) is 0 Å².